The lowest BCUT2D eigenvalue weighted by Gasteiger charge is -2.31. The Morgan fingerprint density at radius 1 is 1.48 bits per heavy atom. The van der Waals surface area contributed by atoms with Crippen molar-refractivity contribution < 1.29 is 9.53 Å². The molecule has 5 heteroatoms. The zero-order valence-corrected chi connectivity index (χ0v) is 12.3. The Labute approximate surface area is 125 Å². The zero-order chi connectivity index (χ0) is 15.1. The molecule has 1 heterocycles. The maximum atomic E-state index is 11.6. The van der Waals surface area contributed by atoms with Crippen LogP contribution >= 0.6 is 0 Å². The number of piperidine rings is 1. The SMILES string of the molecule is C=CCOc1ccc(CN2CCCC(C(=O)NN)C2)cc1. The Kier molecular flexibility index (Phi) is 5.78. The number of ether oxygens (including phenoxy) is 1. The van der Waals surface area contributed by atoms with E-state index in [1.54, 1.807) is 6.08 Å². The van der Waals surface area contributed by atoms with Gasteiger partial charge in [0.2, 0.25) is 5.91 Å². The summed E-state index contributed by atoms with van der Waals surface area (Å²) in [6.45, 7) is 6.76. The van der Waals surface area contributed by atoms with Gasteiger partial charge < -0.3 is 4.74 Å². The summed E-state index contributed by atoms with van der Waals surface area (Å²) in [5, 5.41) is 0. The van der Waals surface area contributed by atoms with Crippen LogP contribution in [0.15, 0.2) is 36.9 Å². The molecule has 1 aromatic carbocycles. The van der Waals surface area contributed by atoms with Gasteiger partial charge >= 0.3 is 0 Å². The molecule has 0 radical (unpaired) electrons. The first-order valence-corrected chi connectivity index (χ1v) is 7.28. The number of hydrazine groups is 1. The number of carbonyl (C=O) groups is 1. The molecule has 3 N–H and O–H groups in total. The minimum atomic E-state index is -0.0622. The van der Waals surface area contributed by atoms with Gasteiger partial charge in [-0.25, -0.2) is 5.84 Å². The highest BCUT2D eigenvalue weighted by molar-refractivity contribution is 5.78. The Morgan fingerprint density at radius 2 is 2.24 bits per heavy atom. The molecule has 21 heavy (non-hydrogen) atoms. The smallest absolute Gasteiger partial charge is 0.238 e. The molecule has 0 aromatic heterocycles. The number of carbonyl (C=O) groups excluding carboxylic acids is 1. The van der Waals surface area contributed by atoms with E-state index in [1.807, 2.05) is 12.1 Å². The highest BCUT2D eigenvalue weighted by Crippen LogP contribution is 2.20. The summed E-state index contributed by atoms with van der Waals surface area (Å²) in [5.41, 5.74) is 3.47. The van der Waals surface area contributed by atoms with E-state index in [2.05, 4.69) is 29.0 Å². The van der Waals surface area contributed by atoms with Crippen LogP contribution in [0.25, 0.3) is 0 Å². The van der Waals surface area contributed by atoms with Crippen molar-refractivity contribution in [2.45, 2.75) is 19.4 Å². The van der Waals surface area contributed by atoms with Crippen LogP contribution in [0.1, 0.15) is 18.4 Å². The lowest BCUT2D eigenvalue weighted by molar-refractivity contribution is -0.126. The van der Waals surface area contributed by atoms with Gasteiger partial charge in [0.15, 0.2) is 0 Å². The predicted molar refractivity (Wildman–Crippen MR) is 82.5 cm³/mol. The molecule has 5 nitrogen and oxygen atoms in total. The number of nitrogens with two attached hydrogens (primary N) is 1. The maximum Gasteiger partial charge on any atom is 0.238 e. The summed E-state index contributed by atoms with van der Waals surface area (Å²) in [7, 11) is 0. The van der Waals surface area contributed by atoms with Crippen molar-refractivity contribution in [1.29, 1.82) is 0 Å². The van der Waals surface area contributed by atoms with Gasteiger partial charge in [-0.1, -0.05) is 24.8 Å². The molecule has 1 aromatic rings. The molecule has 0 saturated carbocycles. The van der Waals surface area contributed by atoms with Gasteiger partial charge in [0.25, 0.3) is 0 Å². The van der Waals surface area contributed by atoms with Crippen LogP contribution in [0.4, 0.5) is 0 Å². The van der Waals surface area contributed by atoms with Gasteiger partial charge in [0, 0.05) is 13.1 Å². The fourth-order valence-electron chi connectivity index (χ4n) is 2.64. The molecule has 0 spiro atoms. The minimum absolute atomic E-state index is 0.000974. The standard InChI is InChI=1S/C16H23N3O2/c1-2-10-21-15-7-5-13(6-8-15)11-19-9-3-4-14(12-19)16(20)18-17/h2,5-8,14H,1,3-4,9-12,17H2,(H,18,20). The van der Waals surface area contributed by atoms with Crippen molar-refractivity contribution in [3.05, 3.63) is 42.5 Å². The average molecular weight is 289 g/mol. The first kappa shape index (κ1) is 15.5. The van der Waals surface area contributed by atoms with Crippen LogP contribution in [-0.2, 0) is 11.3 Å². The molecule has 114 valence electrons. The number of rotatable bonds is 6. The average Bonchev–Trinajstić information content (AvgIpc) is 2.53. The number of hydrogen-bond donors (Lipinski definition) is 2. The first-order chi connectivity index (χ1) is 10.2. The fourth-order valence-corrected chi connectivity index (χ4v) is 2.64. The third-order valence-corrected chi connectivity index (χ3v) is 3.72. The molecule has 1 atom stereocenters. The van der Waals surface area contributed by atoms with Gasteiger partial charge in [-0.2, -0.15) is 0 Å². The van der Waals surface area contributed by atoms with Crippen LogP contribution in [0.2, 0.25) is 0 Å². The summed E-state index contributed by atoms with van der Waals surface area (Å²) in [4.78, 5) is 13.9. The van der Waals surface area contributed by atoms with Crippen molar-refractivity contribution in [3.63, 3.8) is 0 Å². The predicted octanol–water partition coefficient (Wildman–Crippen LogP) is 1.45. The molecule has 2 rings (SSSR count). The molecule has 1 fully saturated rings. The quantitative estimate of drug-likeness (QED) is 0.360. The number of amides is 1. The third kappa shape index (κ3) is 4.58. The van der Waals surface area contributed by atoms with Crippen LogP contribution in [-0.4, -0.2) is 30.5 Å². The first-order valence-electron chi connectivity index (χ1n) is 7.28. The third-order valence-electron chi connectivity index (χ3n) is 3.72. The summed E-state index contributed by atoms with van der Waals surface area (Å²) >= 11 is 0. The van der Waals surface area contributed by atoms with Gasteiger partial charge in [0.05, 0.1) is 5.92 Å². The molecule has 1 amide bonds. The number of nitrogens with one attached hydrogen (secondary N) is 1. The number of likely N-dealkylation sites (tertiary alicyclic amines) is 1. The maximum absolute atomic E-state index is 11.6. The second kappa shape index (κ2) is 7.81. The van der Waals surface area contributed by atoms with E-state index in [4.69, 9.17) is 10.6 Å². The van der Waals surface area contributed by atoms with Crippen molar-refractivity contribution >= 4 is 5.91 Å². The summed E-state index contributed by atoms with van der Waals surface area (Å²) in [6, 6.07) is 8.05. The Balaban J connectivity index is 1.88. The summed E-state index contributed by atoms with van der Waals surface area (Å²) < 4.78 is 5.46. The zero-order valence-electron chi connectivity index (χ0n) is 12.3. The van der Waals surface area contributed by atoms with Crippen LogP contribution in [0, 0.1) is 5.92 Å². The molecule has 1 aliphatic rings. The topological polar surface area (TPSA) is 67.6 Å². The number of nitrogens with zero attached hydrogens (tertiary/aromatic N) is 1. The number of hydrogen-bond acceptors (Lipinski definition) is 4. The lowest BCUT2D eigenvalue weighted by Crippen LogP contribution is -2.44. The van der Waals surface area contributed by atoms with Gasteiger partial charge in [-0.15, -0.1) is 0 Å². The van der Waals surface area contributed by atoms with Crippen molar-refractivity contribution in [3.8, 4) is 5.75 Å². The van der Waals surface area contributed by atoms with Crippen molar-refractivity contribution in [2.75, 3.05) is 19.7 Å². The van der Waals surface area contributed by atoms with E-state index in [-0.39, 0.29) is 11.8 Å². The van der Waals surface area contributed by atoms with E-state index >= 15 is 0 Å². The molecule has 1 aliphatic heterocycles. The molecule has 1 unspecified atom stereocenters. The minimum Gasteiger partial charge on any atom is -0.490 e. The Bertz CT molecular complexity index is 473. The number of benzene rings is 1. The Hall–Kier alpha value is -1.85. The Morgan fingerprint density at radius 3 is 2.90 bits per heavy atom. The molecular formula is C16H23N3O2. The van der Waals surface area contributed by atoms with Crippen LogP contribution in [0.5, 0.6) is 5.75 Å². The second-order valence-electron chi connectivity index (χ2n) is 5.33. The summed E-state index contributed by atoms with van der Waals surface area (Å²) in [6.07, 6.45) is 3.66. The van der Waals surface area contributed by atoms with E-state index in [0.29, 0.717) is 6.61 Å². The van der Waals surface area contributed by atoms with E-state index in [9.17, 15) is 4.79 Å². The van der Waals surface area contributed by atoms with Crippen LogP contribution < -0.4 is 16.0 Å². The second-order valence-corrected chi connectivity index (χ2v) is 5.33. The molecule has 1 saturated heterocycles. The monoisotopic (exact) mass is 289 g/mol. The highest BCUT2D eigenvalue weighted by atomic mass is 16.5. The normalized spacial score (nSPS) is 19.0. The molecule has 0 aliphatic carbocycles. The van der Waals surface area contributed by atoms with E-state index in [0.717, 1.165) is 38.2 Å². The van der Waals surface area contributed by atoms with Gasteiger partial charge in [0.1, 0.15) is 12.4 Å². The lowest BCUT2D eigenvalue weighted by atomic mass is 9.97. The largest absolute Gasteiger partial charge is 0.490 e. The van der Waals surface area contributed by atoms with Gasteiger partial charge in [-0.05, 0) is 37.1 Å². The summed E-state index contributed by atoms with van der Waals surface area (Å²) in [5.74, 6) is 6.00. The molecule has 0 bridgehead atoms. The molecular weight excluding hydrogens is 266 g/mol. The van der Waals surface area contributed by atoms with Gasteiger partial charge in [-0.3, -0.25) is 15.1 Å². The van der Waals surface area contributed by atoms with Crippen LogP contribution in [0.3, 0.4) is 0 Å². The fraction of sp³-hybridized carbons (Fsp3) is 0.438. The van der Waals surface area contributed by atoms with E-state index < -0.39 is 0 Å². The van der Waals surface area contributed by atoms with E-state index in [1.165, 1.54) is 5.56 Å². The highest BCUT2D eigenvalue weighted by Gasteiger charge is 2.25. The van der Waals surface area contributed by atoms with Crippen molar-refractivity contribution in [1.82, 2.24) is 10.3 Å². The van der Waals surface area contributed by atoms with Crippen molar-refractivity contribution in [2.24, 2.45) is 11.8 Å².